The van der Waals surface area contributed by atoms with Crippen molar-refractivity contribution in [3.05, 3.63) is 58.1 Å². The summed E-state index contributed by atoms with van der Waals surface area (Å²) in [6.45, 7) is 4.35. The number of para-hydroxylation sites is 1. The Kier molecular flexibility index (Phi) is 8.19. The van der Waals surface area contributed by atoms with Gasteiger partial charge in [0.2, 0.25) is 15.9 Å². The summed E-state index contributed by atoms with van der Waals surface area (Å²) in [5.74, 6) is 0.681. The minimum atomic E-state index is -3.55. The van der Waals surface area contributed by atoms with Crippen molar-refractivity contribution in [2.24, 2.45) is 0 Å². The Hall–Kier alpha value is -1.96. The lowest BCUT2D eigenvalue weighted by atomic mass is 9.83. The minimum absolute atomic E-state index is 0.125. The lowest BCUT2D eigenvalue weighted by molar-refractivity contribution is -0.122. The number of hydrogen-bond donors (Lipinski definition) is 1. The Morgan fingerprint density at radius 3 is 2.48 bits per heavy atom. The predicted octanol–water partition coefficient (Wildman–Crippen LogP) is 5.74. The minimum Gasteiger partial charge on any atom is -0.487 e. The summed E-state index contributed by atoms with van der Waals surface area (Å²) in [5, 5.41) is 3.76. The van der Waals surface area contributed by atoms with Crippen molar-refractivity contribution < 1.29 is 17.9 Å². The number of hydrogen-bond acceptors (Lipinski definition) is 4. The Morgan fingerprint density at radius 1 is 1.15 bits per heavy atom. The number of ether oxygens (including phenoxy) is 1. The van der Waals surface area contributed by atoms with Crippen LogP contribution in [0.4, 0.5) is 5.69 Å². The number of halogens is 2. The van der Waals surface area contributed by atoms with Crippen LogP contribution < -0.4 is 14.4 Å². The van der Waals surface area contributed by atoms with Crippen molar-refractivity contribution in [3.8, 4) is 5.75 Å². The average Bonchev–Trinajstić information content (AvgIpc) is 2.77. The molecule has 0 bridgehead atoms. The van der Waals surface area contributed by atoms with Gasteiger partial charge in [0.1, 0.15) is 11.4 Å². The van der Waals surface area contributed by atoms with Gasteiger partial charge in [-0.15, -0.1) is 0 Å². The van der Waals surface area contributed by atoms with Gasteiger partial charge in [0, 0.05) is 24.9 Å². The number of amides is 1. The molecule has 0 fully saturated rings. The van der Waals surface area contributed by atoms with Gasteiger partial charge in [0.05, 0.1) is 28.0 Å². The highest BCUT2D eigenvalue weighted by atomic mass is 35.5. The van der Waals surface area contributed by atoms with Crippen molar-refractivity contribution in [2.75, 3.05) is 17.1 Å². The van der Waals surface area contributed by atoms with Gasteiger partial charge in [-0.2, -0.15) is 0 Å². The summed E-state index contributed by atoms with van der Waals surface area (Å²) in [6.07, 6.45) is 4.06. The molecule has 180 valence electrons. The number of anilines is 1. The van der Waals surface area contributed by atoms with Crippen LogP contribution in [0.5, 0.6) is 5.75 Å². The van der Waals surface area contributed by atoms with E-state index in [2.05, 4.69) is 19.2 Å². The third-order valence-electron chi connectivity index (χ3n) is 6.18. The summed E-state index contributed by atoms with van der Waals surface area (Å²) in [4.78, 5) is 12.8. The van der Waals surface area contributed by atoms with Gasteiger partial charge in [-0.1, -0.05) is 55.2 Å². The average molecular weight is 513 g/mol. The van der Waals surface area contributed by atoms with E-state index in [1.807, 2.05) is 24.3 Å². The number of rotatable bonds is 9. The summed E-state index contributed by atoms with van der Waals surface area (Å²) < 4.78 is 32.2. The first-order chi connectivity index (χ1) is 15.6. The van der Waals surface area contributed by atoms with Crippen LogP contribution in [-0.2, 0) is 14.8 Å². The summed E-state index contributed by atoms with van der Waals surface area (Å²) >= 11 is 12.0. The second-order valence-corrected chi connectivity index (χ2v) is 11.1. The lowest BCUT2D eigenvalue weighted by Gasteiger charge is -2.41. The molecule has 0 aromatic heterocycles. The van der Waals surface area contributed by atoms with Crippen LogP contribution in [0.1, 0.15) is 57.6 Å². The molecule has 3 rings (SSSR count). The van der Waals surface area contributed by atoms with Crippen LogP contribution in [-0.4, -0.2) is 32.7 Å². The molecule has 1 aliphatic rings. The zero-order valence-corrected chi connectivity index (χ0v) is 21.4. The molecule has 0 unspecified atom stereocenters. The molecule has 1 heterocycles. The molecule has 0 saturated carbocycles. The van der Waals surface area contributed by atoms with Crippen molar-refractivity contribution in [2.45, 2.75) is 57.6 Å². The maximum atomic E-state index is 12.8. The number of nitrogens with one attached hydrogen (secondary N) is 1. The van der Waals surface area contributed by atoms with Crippen LogP contribution in [0.2, 0.25) is 10.0 Å². The first kappa shape index (κ1) is 25.7. The van der Waals surface area contributed by atoms with E-state index in [9.17, 15) is 13.2 Å². The molecule has 0 aliphatic carbocycles. The fourth-order valence-electron chi connectivity index (χ4n) is 4.21. The first-order valence-corrected chi connectivity index (χ1v) is 13.7. The Morgan fingerprint density at radius 2 is 1.85 bits per heavy atom. The van der Waals surface area contributed by atoms with E-state index < -0.39 is 10.0 Å². The molecule has 0 radical (unpaired) electrons. The molecular formula is C24H30Cl2N2O4S. The number of carbonyl (C=O) groups excluding carboxylic acids is 1. The summed E-state index contributed by atoms with van der Waals surface area (Å²) in [5.41, 5.74) is 1.08. The first-order valence-electron chi connectivity index (χ1n) is 11.1. The number of benzene rings is 2. The van der Waals surface area contributed by atoms with E-state index in [1.165, 1.54) is 10.4 Å². The number of carbonyl (C=O) groups is 1. The van der Waals surface area contributed by atoms with Crippen LogP contribution in [0, 0.1) is 0 Å². The molecule has 9 heteroatoms. The van der Waals surface area contributed by atoms with Gasteiger partial charge < -0.3 is 10.1 Å². The van der Waals surface area contributed by atoms with Crippen LogP contribution in [0.15, 0.2) is 42.5 Å². The Balaban J connectivity index is 1.67. The SMILES string of the molecule is CCC1(CC)C[C@H](NC(=O)CCCN(c2ccc(Cl)c(Cl)c2)S(C)(=O)=O)c2ccccc2O1. The largest absolute Gasteiger partial charge is 0.487 e. The highest BCUT2D eigenvalue weighted by Crippen LogP contribution is 2.42. The van der Waals surface area contributed by atoms with Gasteiger partial charge in [-0.25, -0.2) is 8.42 Å². The van der Waals surface area contributed by atoms with Crippen LogP contribution >= 0.6 is 23.2 Å². The highest BCUT2D eigenvalue weighted by Gasteiger charge is 2.38. The van der Waals surface area contributed by atoms with E-state index in [4.69, 9.17) is 27.9 Å². The number of fused-ring (bicyclic) bond motifs is 1. The fraction of sp³-hybridized carbons (Fsp3) is 0.458. The zero-order valence-electron chi connectivity index (χ0n) is 19.1. The smallest absolute Gasteiger partial charge is 0.232 e. The number of sulfonamides is 1. The molecule has 33 heavy (non-hydrogen) atoms. The van der Waals surface area contributed by atoms with Crippen molar-refractivity contribution in [3.63, 3.8) is 0 Å². The Bertz CT molecular complexity index is 1100. The number of nitrogens with zero attached hydrogens (tertiary/aromatic N) is 1. The van der Waals surface area contributed by atoms with E-state index in [0.29, 0.717) is 23.6 Å². The zero-order chi connectivity index (χ0) is 24.2. The maximum absolute atomic E-state index is 12.8. The van der Waals surface area contributed by atoms with E-state index >= 15 is 0 Å². The van der Waals surface area contributed by atoms with Crippen molar-refractivity contribution in [1.29, 1.82) is 0 Å². The summed E-state index contributed by atoms with van der Waals surface area (Å²) in [7, 11) is -3.55. The van der Waals surface area contributed by atoms with Gasteiger partial charge in [0.25, 0.3) is 0 Å². The highest BCUT2D eigenvalue weighted by molar-refractivity contribution is 7.92. The molecule has 2 aromatic carbocycles. The molecule has 0 saturated heterocycles. The Labute approximate surface area is 206 Å². The predicted molar refractivity (Wildman–Crippen MR) is 134 cm³/mol. The standard InChI is InChI=1S/C24H30Cl2N2O4S/c1-4-24(5-2)16-21(18-9-6-7-10-22(18)32-24)27-23(29)11-8-14-28(33(3,30)31)17-12-13-19(25)20(26)15-17/h6-7,9-10,12-13,15,21H,4-5,8,11,14,16H2,1-3H3,(H,27,29)/t21-/m0/s1. The fourth-order valence-corrected chi connectivity index (χ4v) is 5.46. The monoisotopic (exact) mass is 512 g/mol. The van der Waals surface area contributed by atoms with Crippen molar-refractivity contribution >= 4 is 44.8 Å². The second kappa shape index (κ2) is 10.5. The van der Waals surface area contributed by atoms with Crippen LogP contribution in [0.3, 0.4) is 0 Å². The van der Waals surface area contributed by atoms with E-state index in [1.54, 1.807) is 12.1 Å². The molecule has 1 amide bonds. The molecule has 2 aromatic rings. The quantitative estimate of drug-likeness (QED) is 0.464. The third kappa shape index (κ3) is 6.14. The third-order valence-corrected chi connectivity index (χ3v) is 8.11. The maximum Gasteiger partial charge on any atom is 0.232 e. The molecule has 1 aliphatic heterocycles. The van der Waals surface area contributed by atoms with E-state index in [0.717, 1.165) is 30.4 Å². The van der Waals surface area contributed by atoms with E-state index in [-0.39, 0.29) is 35.5 Å². The molecule has 1 N–H and O–H groups in total. The van der Waals surface area contributed by atoms with Gasteiger partial charge >= 0.3 is 0 Å². The van der Waals surface area contributed by atoms with Crippen LogP contribution in [0.25, 0.3) is 0 Å². The van der Waals surface area contributed by atoms with Gasteiger partial charge in [-0.3, -0.25) is 9.10 Å². The van der Waals surface area contributed by atoms with Crippen molar-refractivity contribution in [1.82, 2.24) is 5.32 Å². The lowest BCUT2D eigenvalue weighted by Crippen LogP contribution is -2.44. The molecule has 0 spiro atoms. The second-order valence-electron chi connectivity index (χ2n) is 8.39. The topological polar surface area (TPSA) is 75.7 Å². The van der Waals surface area contributed by atoms with Gasteiger partial charge in [0.15, 0.2) is 0 Å². The summed E-state index contributed by atoms with van der Waals surface area (Å²) in [6, 6.07) is 12.3. The molecule has 1 atom stereocenters. The van der Waals surface area contributed by atoms with Gasteiger partial charge in [-0.05, 0) is 43.5 Å². The molecule has 6 nitrogen and oxygen atoms in total. The normalized spacial score (nSPS) is 17.1. The molecular weight excluding hydrogens is 483 g/mol.